The Bertz CT molecular complexity index is 682. The minimum Gasteiger partial charge on any atom is -0.481 e. The van der Waals surface area contributed by atoms with Crippen LogP contribution in [0.3, 0.4) is 0 Å². The van der Waals surface area contributed by atoms with Crippen LogP contribution in [0.1, 0.15) is 150 Å². The van der Waals surface area contributed by atoms with E-state index in [2.05, 4.69) is 19.1 Å². The van der Waals surface area contributed by atoms with E-state index in [-0.39, 0.29) is 24.1 Å². The smallest absolute Gasteiger partial charge is 0.311 e. The van der Waals surface area contributed by atoms with Gasteiger partial charge in [0, 0.05) is 0 Å². The van der Waals surface area contributed by atoms with E-state index in [1.165, 1.54) is 103 Å². The number of nitrogens with zero attached hydrogens (tertiary/aromatic N) is 1. The predicted molar refractivity (Wildman–Crippen MR) is 173 cm³/mol. The lowest BCUT2D eigenvalue weighted by atomic mass is 10.00. The van der Waals surface area contributed by atoms with Crippen molar-refractivity contribution in [3.05, 3.63) is 12.2 Å². The molecule has 0 fully saturated rings. The van der Waals surface area contributed by atoms with Gasteiger partial charge in [0.2, 0.25) is 0 Å². The number of allylic oxidation sites excluding steroid dienone is 2. The molecule has 0 saturated heterocycles. The number of carboxylic acid groups (broad SMARTS) is 3. The molecule has 42 heavy (non-hydrogen) atoms. The first kappa shape index (κ1) is 40.1. The zero-order valence-corrected chi connectivity index (χ0v) is 27.7. The highest BCUT2D eigenvalue weighted by Gasteiger charge is 2.38. The van der Waals surface area contributed by atoms with Crippen molar-refractivity contribution in [2.24, 2.45) is 17.8 Å². The molecule has 0 bridgehead atoms. The van der Waals surface area contributed by atoms with Gasteiger partial charge in [0.1, 0.15) is 17.8 Å². The van der Waals surface area contributed by atoms with Gasteiger partial charge in [0.25, 0.3) is 0 Å². The summed E-state index contributed by atoms with van der Waals surface area (Å²) >= 11 is 0. The summed E-state index contributed by atoms with van der Waals surface area (Å²) in [7, 11) is 0. The Labute approximate surface area is 257 Å². The third-order valence-electron chi connectivity index (χ3n) is 8.64. The minimum atomic E-state index is -0.930. The molecule has 0 aromatic heterocycles. The molecule has 0 aromatic rings. The molecule has 0 aliphatic rings. The number of quaternary nitrogens is 1. The van der Waals surface area contributed by atoms with Crippen molar-refractivity contribution in [1.29, 1.82) is 0 Å². The van der Waals surface area contributed by atoms with Crippen LogP contribution in [0.2, 0.25) is 0 Å². The Hall–Kier alpha value is -1.89. The van der Waals surface area contributed by atoms with Crippen LogP contribution in [0.25, 0.3) is 0 Å². The molecule has 0 aromatic carbocycles. The molecule has 0 spiro atoms. The zero-order chi connectivity index (χ0) is 31.6. The second-order valence-electron chi connectivity index (χ2n) is 13.0. The predicted octanol–water partition coefficient (Wildman–Crippen LogP) is 8.95. The molecule has 3 atom stereocenters. The van der Waals surface area contributed by atoms with Crippen molar-refractivity contribution in [1.82, 2.24) is 0 Å². The molecule has 0 amide bonds. The van der Waals surface area contributed by atoms with Crippen molar-refractivity contribution < 1.29 is 34.2 Å². The lowest BCUT2D eigenvalue weighted by Crippen LogP contribution is -2.57. The Morgan fingerprint density at radius 1 is 0.500 bits per heavy atom. The molecule has 7 nitrogen and oxygen atoms in total. The summed E-state index contributed by atoms with van der Waals surface area (Å²) in [5.41, 5.74) is 0. The maximum absolute atomic E-state index is 11.6. The number of rotatable bonds is 30. The van der Waals surface area contributed by atoms with E-state index < -0.39 is 35.7 Å². The highest BCUT2D eigenvalue weighted by Crippen LogP contribution is 2.22. The highest BCUT2D eigenvalue weighted by atomic mass is 16.4. The fourth-order valence-corrected chi connectivity index (χ4v) is 6.04. The normalized spacial score (nSPS) is 15.3. The summed E-state index contributed by atoms with van der Waals surface area (Å²) in [5, 5.41) is 28.6. The average molecular weight is 597 g/mol. The van der Waals surface area contributed by atoms with E-state index >= 15 is 0 Å². The van der Waals surface area contributed by atoms with Crippen molar-refractivity contribution in [2.45, 2.75) is 150 Å². The van der Waals surface area contributed by atoms with Gasteiger partial charge >= 0.3 is 17.9 Å². The third-order valence-corrected chi connectivity index (χ3v) is 8.64. The average Bonchev–Trinajstić information content (AvgIpc) is 2.93. The van der Waals surface area contributed by atoms with Crippen LogP contribution in [0.4, 0.5) is 0 Å². The fraction of sp³-hybridized carbons (Fsp3) is 0.857. The van der Waals surface area contributed by atoms with Crippen molar-refractivity contribution in [3.63, 3.8) is 0 Å². The van der Waals surface area contributed by atoms with Crippen LogP contribution >= 0.6 is 0 Å². The number of aliphatic carboxylic acids is 3. The molecule has 0 aliphatic heterocycles. The summed E-state index contributed by atoms with van der Waals surface area (Å²) in [5.74, 6) is -4.79. The van der Waals surface area contributed by atoms with Crippen LogP contribution < -0.4 is 0 Å². The second-order valence-corrected chi connectivity index (χ2v) is 13.0. The monoisotopic (exact) mass is 596 g/mol. The van der Waals surface area contributed by atoms with E-state index in [4.69, 9.17) is 0 Å². The number of unbranched alkanes of at least 4 members (excludes halogenated alkanes) is 17. The van der Waals surface area contributed by atoms with Gasteiger partial charge in [-0.3, -0.25) is 14.4 Å². The molecule has 0 radical (unpaired) electrons. The standard InChI is InChI=1S/C35H65NO6/c1-5-6-7-8-9-10-11-12-13-14-15-16-17-18-19-20-21-22-23-24-25-26-36(27-30(2)33(37)38,28-31(3)34(39)40)29-32(4)35(41)42/h8-9,30-32H,5-7,10-29H2,1-4H3,(H2-,37,38,39,40,41,42)/p+1/b9-8+. The lowest BCUT2D eigenvalue weighted by Gasteiger charge is -2.42. The maximum atomic E-state index is 11.6. The first-order valence-corrected chi connectivity index (χ1v) is 17.2. The summed E-state index contributed by atoms with van der Waals surface area (Å²) in [4.78, 5) is 34.9. The molecule has 0 aliphatic carbocycles. The zero-order valence-electron chi connectivity index (χ0n) is 27.7. The fourth-order valence-electron chi connectivity index (χ4n) is 6.04. The molecular formula is C35H66NO6+. The van der Waals surface area contributed by atoms with Gasteiger partial charge in [0.15, 0.2) is 0 Å². The topological polar surface area (TPSA) is 112 Å². The third kappa shape index (κ3) is 21.8. The van der Waals surface area contributed by atoms with Crippen molar-refractivity contribution in [2.75, 3.05) is 26.2 Å². The molecular weight excluding hydrogens is 530 g/mol. The van der Waals surface area contributed by atoms with Gasteiger partial charge in [-0.2, -0.15) is 0 Å². The lowest BCUT2D eigenvalue weighted by molar-refractivity contribution is -0.934. The van der Waals surface area contributed by atoms with Crippen molar-refractivity contribution in [3.8, 4) is 0 Å². The Morgan fingerprint density at radius 2 is 0.786 bits per heavy atom. The number of hydrogen-bond donors (Lipinski definition) is 3. The Balaban J connectivity index is 4.17. The molecule has 0 heterocycles. The van der Waals surface area contributed by atoms with Crippen molar-refractivity contribution >= 4 is 17.9 Å². The highest BCUT2D eigenvalue weighted by molar-refractivity contribution is 5.70. The van der Waals surface area contributed by atoms with Gasteiger partial charge < -0.3 is 19.8 Å². The van der Waals surface area contributed by atoms with E-state index in [0.717, 1.165) is 19.3 Å². The van der Waals surface area contributed by atoms with Gasteiger partial charge in [-0.25, -0.2) is 0 Å². The van der Waals surface area contributed by atoms with Gasteiger partial charge in [-0.15, -0.1) is 0 Å². The number of carboxylic acids is 3. The summed E-state index contributed by atoms with van der Waals surface area (Å²) in [6.45, 7) is 8.49. The van der Waals surface area contributed by atoms with Crippen LogP contribution in [0.15, 0.2) is 12.2 Å². The molecule has 7 heteroatoms. The second kappa shape index (κ2) is 25.6. The van der Waals surface area contributed by atoms with E-state index in [0.29, 0.717) is 6.54 Å². The summed E-state index contributed by atoms with van der Waals surface area (Å²) < 4.78 is 0.227. The molecule has 0 saturated carbocycles. The van der Waals surface area contributed by atoms with Crippen LogP contribution in [0.5, 0.6) is 0 Å². The first-order chi connectivity index (χ1) is 20.0. The molecule has 3 unspecified atom stereocenters. The van der Waals surface area contributed by atoms with E-state index in [9.17, 15) is 29.7 Å². The van der Waals surface area contributed by atoms with Gasteiger partial charge in [-0.1, -0.05) is 109 Å². The van der Waals surface area contributed by atoms with Gasteiger partial charge in [-0.05, 0) is 52.9 Å². The van der Waals surface area contributed by atoms with E-state index in [1.807, 2.05) is 0 Å². The van der Waals surface area contributed by atoms with Gasteiger partial charge in [0.05, 0.1) is 26.2 Å². The summed E-state index contributed by atoms with van der Waals surface area (Å²) in [6, 6.07) is 0. The number of hydrogen-bond acceptors (Lipinski definition) is 3. The number of carbonyl (C=O) groups is 3. The molecule has 3 N–H and O–H groups in total. The molecule has 0 rings (SSSR count). The quantitative estimate of drug-likeness (QED) is 0.0433. The Morgan fingerprint density at radius 3 is 1.10 bits per heavy atom. The SMILES string of the molecule is CCCC/C=C/CCCCCCCCCCCCCCCCC[N+](CC(C)C(=O)O)(CC(C)C(=O)O)CC(C)C(=O)O. The maximum Gasteiger partial charge on any atom is 0.311 e. The summed E-state index contributed by atoms with van der Waals surface area (Å²) in [6.07, 6.45) is 28.6. The minimum absolute atomic E-state index is 0.227. The Kier molecular flexibility index (Phi) is 24.4. The molecule has 246 valence electrons. The van der Waals surface area contributed by atoms with Crippen LogP contribution in [-0.4, -0.2) is 63.9 Å². The van der Waals surface area contributed by atoms with E-state index in [1.54, 1.807) is 20.8 Å². The van der Waals surface area contributed by atoms with Crippen LogP contribution in [-0.2, 0) is 14.4 Å². The largest absolute Gasteiger partial charge is 0.481 e. The van der Waals surface area contributed by atoms with Crippen LogP contribution in [0, 0.1) is 17.8 Å². The first-order valence-electron chi connectivity index (χ1n) is 17.2.